The zero-order valence-electron chi connectivity index (χ0n) is 14.1. The van der Waals surface area contributed by atoms with Crippen molar-refractivity contribution in [2.45, 2.75) is 24.9 Å². The molecule has 2 unspecified atom stereocenters. The average molecular weight is 421 g/mol. The van der Waals surface area contributed by atoms with Crippen LogP contribution in [0.25, 0.3) is 0 Å². The topological polar surface area (TPSA) is 173 Å². The number of aromatic hydroxyl groups is 1. The molecule has 0 aliphatic rings. The minimum Gasteiger partial charge on any atom is -0.506 e. The van der Waals surface area contributed by atoms with Crippen LogP contribution in [0.4, 0.5) is 0 Å². The second-order valence-electron chi connectivity index (χ2n) is 5.21. The summed E-state index contributed by atoms with van der Waals surface area (Å²) in [5, 5.41) is 26.0. The Balaban J connectivity index is 0. The third kappa shape index (κ3) is 11.0. The van der Waals surface area contributed by atoms with Gasteiger partial charge < -0.3 is 26.8 Å². The van der Waals surface area contributed by atoms with Gasteiger partial charge in [0.25, 0.3) is 0 Å². The van der Waals surface area contributed by atoms with Crippen molar-refractivity contribution in [1.29, 1.82) is 0 Å². The minimum absolute atomic E-state index is 0. The Morgan fingerprint density at radius 1 is 0.926 bits per heavy atom. The van der Waals surface area contributed by atoms with Crippen LogP contribution in [-0.2, 0) is 22.4 Å². The molecule has 0 bridgehead atoms. The van der Waals surface area contributed by atoms with E-state index < -0.39 is 24.0 Å². The van der Waals surface area contributed by atoms with E-state index in [1.165, 1.54) is 18.5 Å². The van der Waals surface area contributed by atoms with Gasteiger partial charge in [-0.25, -0.2) is 0 Å². The molecule has 2 atom stereocenters. The monoisotopic (exact) mass is 420 g/mol. The molecule has 150 valence electrons. The van der Waals surface area contributed by atoms with Crippen molar-refractivity contribution in [3.63, 3.8) is 0 Å². The van der Waals surface area contributed by atoms with E-state index in [2.05, 4.69) is 9.97 Å². The summed E-state index contributed by atoms with van der Waals surface area (Å²) in [4.78, 5) is 28.3. The van der Waals surface area contributed by atoms with Gasteiger partial charge in [0.05, 0.1) is 6.20 Å². The molecule has 0 saturated carbocycles. The largest absolute Gasteiger partial charge is 0.506 e. The van der Waals surface area contributed by atoms with E-state index >= 15 is 0 Å². The summed E-state index contributed by atoms with van der Waals surface area (Å²) in [6.07, 6.45) is 6.48. The van der Waals surface area contributed by atoms with E-state index in [1.54, 1.807) is 24.5 Å². The zero-order chi connectivity index (χ0) is 18.8. The fourth-order valence-corrected chi connectivity index (χ4v) is 1.79. The number of aliphatic carboxylic acids is 2. The van der Waals surface area contributed by atoms with E-state index in [1.807, 2.05) is 0 Å². The third-order valence-corrected chi connectivity index (χ3v) is 3.05. The molecule has 0 radical (unpaired) electrons. The molecule has 0 aromatic carbocycles. The lowest BCUT2D eigenvalue weighted by Crippen LogP contribution is -2.32. The van der Waals surface area contributed by atoms with Crippen LogP contribution in [0.15, 0.2) is 43.0 Å². The molecule has 7 N–H and O–H groups in total. The van der Waals surface area contributed by atoms with Crippen LogP contribution in [0.1, 0.15) is 11.1 Å². The van der Waals surface area contributed by atoms with Crippen LogP contribution in [0.5, 0.6) is 5.75 Å². The number of nitrogens with zero attached hydrogens (tertiary/aromatic N) is 2. The molecule has 0 spiro atoms. The molecule has 0 amide bonds. The molecule has 2 aromatic rings. The molecule has 27 heavy (non-hydrogen) atoms. The summed E-state index contributed by atoms with van der Waals surface area (Å²) >= 11 is 0. The van der Waals surface area contributed by atoms with Crippen LogP contribution in [0, 0.1) is 0 Å². The van der Waals surface area contributed by atoms with Gasteiger partial charge in [0.15, 0.2) is 0 Å². The molecule has 9 nitrogen and oxygen atoms in total. The summed E-state index contributed by atoms with van der Waals surface area (Å²) in [6.45, 7) is 0. The van der Waals surface area contributed by atoms with Gasteiger partial charge in [0.1, 0.15) is 17.8 Å². The quantitative estimate of drug-likeness (QED) is 0.448. The molecule has 11 heteroatoms. The normalized spacial score (nSPS) is 11.5. The van der Waals surface area contributed by atoms with Crippen molar-refractivity contribution in [3.8, 4) is 5.75 Å². The highest BCUT2D eigenvalue weighted by Crippen LogP contribution is 2.09. The van der Waals surface area contributed by atoms with Crippen molar-refractivity contribution in [2.24, 2.45) is 11.5 Å². The predicted molar refractivity (Wildman–Crippen MR) is 103 cm³/mol. The first-order chi connectivity index (χ1) is 11.8. The minimum atomic E-state index is -1.07. The van der Waals surface area contributed by atoms with E-state index in [0.717, 1.165) is 5.56 Å². The van der Waals surface area contributed by atoms with Crippen LogP contribution in [0.3, 0.4) is 0 Å². The Labute approximate surface area is 168 Å². The highest BCUT2D eigenvalue weighted by molar-refractivity contribution is 5.85. The van der Waals surface area contributed by atoms with Crippen molar-refractivity contribution in [1.82, 2.24) is 9.97 Å². The maximum absolute atomic E-state index is 10.4. The average Bonchev–Trinajstić information content (AvgIpc) is 2.56. The lowest BCUT2D eigenvalue weighted by molar-refractivity contribution is -0.139. The Bertz CT molecular complexity index is 706. The predicted octanol–water partition coefficient (Wildman–Crippen LogP) is 0.621. The van der Waals surface area contributed by atoms with Gasteiger partial charge in [0.2, 0.25) is 0 Å². The summed E-state index contributed by atoms with van der Waals surface area (Å²) in [5.74, 6) is -2.04. The van der Waals surface area contributed by atoms with Gasteiger partial charge in [-0.2, -0.15) is 0 Å². The summed E-state index contributed by atoms with van der Waals surface area (Å²) < 4.78 is 0. The number of pyridine rings is 2. The van der Waals surface area contributed by atoms with E-state index in [4.69, 9.17) is 26.8 Å². The lowest BCUT2D eigenvalue weighted by Gasteiger charge is -2.05. The van der Waals surface area contributed by atoms with Crippen LogP contribution in [-0.4, -0.2) is 49.3 Å². The SMILES string of the molecule is Cl.Cl.NC(Cc1cccnc1)C(=O)O.NC(Cc1cncc(O)c1)C(=O)O. The van der Waals surface area contributed by atoms with E-state index in [0.29, 0.717) is 12.0 Å². The van der Waals surface area contributed by atoms with Crippen molar-refractivity contribution in [3.05, 3.63) is 54.1 Å². The Morgan fingerprint density at radius 3 is 1.89 bits per heavy atom. The molecule has 0 fully saturated rings. The van der Waals surface area contributed by atoms with Gasteiger partial charge >= 0.3 is 11.9 Å². The summed E-state index contributed by atoms with van der Waals surface area (Å²) in [5.41, 5.74) is 12.1. The van der Waals surface area contributed by atoms with Gasteiger partial charge in [-0.05, 0) is 36.1 Å². The lowest BCUT2D eigenvalue weighted by atomic mass is 10.1. The highest BCUT2D eigenvalue weighted by Gasteiger charge is 2.12. The smallest absolute Gasteiger partial charge is 0.320 e. The van der Waals surface area contributed by atoms with Crippen molar-refractivity contribution >= 4 is 36.8 Å². The third-order valence-electron chi connectivity index (χ3n) is 3.05. The standard InChI is InChI=1S/C8H10N2O3.C8H10N2O2.2ClH/c9-7(8(12)13)2-5-1-6(11)4-10-3-5;9-7(8(11)12)4-6-2-1-3-10-5-6;;/h1,3-4,7,11H,2,9H2,(H,12,13);1-3,5,7H,4,9H2,(H,11,12);2*1H. The highest BCUT2D eigenvalue weighted by atomic mass is 35.5. The van der Waals surface area contributed by atoms with Gasteiger partial charge in [-0.1, -0.05) is 6.07 Å². The summed E-state index contributed by atoms with van der Waals surface area (Å²) in [7, 11) is 0. The molecular formula is C16H22Cl2N4O5. The first-order valence-corrected chi connectivity index (χ1v) is 7.28. The van der Waals surface area contributed by atoms with Crippen LogP contribution in [0.2, 0.25) is 0 Å². The molecule has 2 heterocycles. The second kappa shape index (κ2) is 13.7. The number of carboxylic acids is 2. The fraction of sp³-hybridized carbons (Fsp3) is 0.250. The maximum atomic E-state index is 10.4. The Hall–Kier alpha value is -2.46. The number of hydrogen-bond donors (Lipinski definition) is 5. The van der Waals surface area contributed by atoms with Crippen LogP contribution >= 0.6 is 24.8 Å². The molecule has 2 aromatic heterocycles. The number of halogens is 2. The zero-order valence-corrected chi connectivity index (χ0v) is 15.8. The van der Waals surface area contributed by atoms with Gasteiger partial charge in [-0.3, -0.25) is 19.6 Å². The molecule has 0 aliphatic carbocycles. The molecule has 2 rings (SSSR count). The van der Waals surface area contributed by atoms with E-state index in [-0.39, 0.29) is 37.0 Å². The first kappa shape index (κ1) is 26.8. The maximum Gasteiger partial charge on any atom is 0.320 e. The van der Waals surface area contributed by atoms with E-state index in [9.17, 15) is 9.59 Å². The van der Waals surface area contributed by atoms with Crippen LogP contribution < -0.4 is 11.5 Å². The van der Waals surface area contributed by atoms with Gasteiger partial charge in [0, 0.05) is 18.6 Å². The number of carbonyl (C=O) groups is 2. The fourth-order valence-electron chi connectivity index (χ4n) is 1.79. The number of carboxylic acid groups (broad SMARTS) is 2. The molecule has 0 aliphatic heterocycles. The number of aromatic nitrogens is 2. The Morgan fingerprint density at radius 2 is 1.44 bits per heavy atom. The number of nitrogens with two attached hydrogens (primary N) is 2. The van der Waals surface area contributed by atoms with Crippen molar-refractivity contribution in [2.75, 3.05) is 0 Å². The summed E-state index contributed by atoms with van der Waals surface area (Å²) in [6, 6.07) is 3.20. The Kier molecular flexibility index (Phi) is 13.6. The molecular weight excluding hydrogens is 399 g/mol. The van der Waals surface area contributed by atoms with Crippen molar-refractivity contribution < 1.29 is 24.9 Å². The van der Waals surface area contributed by atoms with Gasteiger partial charge in [-0.15, -0.1) is 24.8 Å². The molecule has 0 saturated heterocycles. The number of rotatable bonds is 6. The number of hydrogen-bond acceptors (Lipinski definition) is 7. The second-order valence-corrected chi connectivity index (χ2v) is 5.21. The first-order valence-electron chi connectivity index (χ1n) is 7.28.